The molecule has 0 aliphatic carbocycles. The first-order valence-electron chi connectivity index (χ1n) is 7.03. The molecule has 4 heteroatoms. The van der Waals surface area contributed by atoms with E-state index in [4.69, 9.17) is 4.74 Å². The van der Waals surface area contributed by atoms with Crippen molar-refractivity contribution in [3.05, 3.63) is 47.3 Å². The van der Waals surface area contributed by atoms with E-state index < -0.39 is 0 Å². The van der Waals surface area contributed by atoms with Gasteiger partial charge in [0.05, 0.1) is 19.3 Å². The first-order valence-corrected chi connectivity index (χ1v) is 7.03. The third kappa shape index (κ3) is 3.88. The third-order valence-electron chi connectivity index (χ3n) is 3.38. The van der Waals surface area contributed by atoms with E-state index in [1.165, 1.54) is 11.3 Å². The predicted octanol–water partition coefficient (Wildman–Crippen LogP) is 3.39. The molecule has 1 N–H and O–H groups in total. The van der Waals surface area contributed by atoms with Crippen molar-refractivity contribution in [1.29, 1.82) is 0 Å². The minimum atomic E-state index is 0.675. The molecule has 0 saturated heterocycles. The summed E-state index contributed by atoms with van der Waals surface area (Å²) in [5.41, 5.74) is 5.50. The summed E-state index contributed by atoms with van der Waals surface area (Å²) in [4.78, 5) is 6.64. The van der Waals surface area contributed by atoms with Crippen LogP contribution in [0.4, 0.5) is 11.4 Å². The predicted molar refractivity (Wildman–Crippen MR) is 88.4 cm³/mol. The van der Waals surface area contributed by atoms with Crippen LogP contribution in [0, 0.1) is 13.8 Å². The number of rotatable bonds is 5. The lowest BCUT2D eigenvalue weighted by molar-refractivity contribution is 0.413. The van der Waals surface area contributed by atoms with Crippen LogP contribution in [0.1, 0.15) is 17.0 Å². The van der Waals surface area contributed by atoms with Crippen molar-refractivity contribution in [3.8, 4) is 5.75 Å². The van der Waals surface area contributed by atoms with Crippen LogP contribution in [0.5, 0.6) is 5.75 Å². The molecule has 0 aliphatic rings. The van der Waals surface area contributed by atoms with E-state index in [-0.39, 0.29) is 0 Å². The molecule has 0 saturated carbocycles. The maximum atomic E-state index is 5.28. The summed E-state index contributed by atoms with van der Waals surface area (Å²) >= 11 is 0. The first kappa shape index (κ1) is 15.2. The van der Waals surface area contributed by atoms with Crippen molar-refractivity contribution in [2.45, 2.75) is 20.4 Å². The second-order valence-electron chi connectivity index (χ2n) is 5.39. The summed E-state index contributed by atoms with van der Waals surface area (Å²) in [5, 5.41) is 3.42. The largest absolute Gasteiger partial charge is 0.497 e. The zero-order valence-corrected chi connectivity index (χ0v) is 13.4. The Morgan fingerprint density at radius 2 is 1.90 bits per heavy atom. The molecule has 0 fully saturated rings. The average molecular weight is 285 g/mol. The van der Waals surface area contributed by atoms with E-state index in [0.29, 0.717) is 6.54 Å². The van der Waals surface area contributed by atoms with Gasteiger partial charge in [0, 0.05) is 43.3 Å². The second-order valence-corrected chi connectivity index (χ2v) is 5.39. The van der Waals surface area contributed by atoms with Crippen LogP contribution in [0.25, 0.3) is 0 Å². The number of nitrogens with zero attached hydrogens (tertiary/aromatic N) is 2. The van der Waals surface area contributed by atoms with Gasteiger partial charge >= 0.3 is 0 Å². The molecule has 1 heterocycles. The molecule has 0 unspecified atom stereocenters. The molecule has 1 aromatic heterocycles. The Labute approximate surface area is 126 Å². The second kappa shape index (κ2) is 6.48. The smallest absolute Gasteiger partial charge is 0.122 e. The molecule has 1 aromatic carbocycles. The summed E-state index contributed by atoms with van der Waals surface area (Å²) in [6, 6.07) is 10.3. The summed E-state index contributed by atoms with van der Waals surface area (Å²) in [6.07, 6.45) is 0. The minimum absolute atomic E-state index is 0.675. The Kier molecular flexibility index (Phi) is 4.68. The normalized spacial score (nSPS) is 10.3. The molecule has 21 heavy (non-hydrogen) atoms. The van der Waals surface area contributed by atoms with Gasteiger partial charge in [0.2, 0.25) is 0 Å². The molecule has 0 atom stereocenters. The van der Waals surface area contributed by atoms with E-state index in [1.807, 2.05) is 19.1 Å². The fourth-order valence-electron chi connectivity index (χ4n) is 2.31. The molecular weight excluding hydrogens is 262 g/mol. The van der Waals surface area contributed by atoms with Gasteiger partial charge in [-0.15, -0.1) is 0 Å². The van der Waals surface area contributed by atoms with Crippen molar-refractivity contribution in [1.82, 2.24) is 4.98 Å². The number of aryl methyl sites for hydroxylation is 2. The van der Waals surface area contributed by atoms with Crippen LogP contribution in [-0.4, -0.2) is 26.2 Å². The Bertz CT molecular complexity index is 623. The highest BCUT2D eigenvalue weighted by Gasteiger charge is 2.04. The van der Waals surface area contributed by atoms with Gasteiger partial charge < -0.3 is 15.0 Å². The Hall–Kier alpha value is -2.23. The molecule has 2 aromatic rings. The number of benzene rings is 1. The van der Waals surface area contributed by atoms with E-state index in [1.54, 1.807) is 7.11 Å². The number of hydrogen-bond donors (Lipinski definition) is 1. The van der Waals surface area contributed by atoms with Crippen LogP contribution in [-0.2, 0) is 6.54 Å². The standard InChI is InChI=1S/C17H23N3O/c1-12-6-7-14(10-17(12)20(3)4)18-11-15-9-16(21-5)8-13(2)19-15/h6-10,18H,11H2,1-5H3. The van der Waals surface area contributed by atoms with Crippen LogP contribution in [0.3, 0.4) is 0 Å². The van der Waals surface area contributed by atoms with Gasteiger partial charge in [-0.25, -0.2) is 0 Å². The van der Waals surface area contributed by atoms with E-state index >= 15 is 0 Å². The lowest BCUT2D eigenvalue weighted by Crippen LogP contribution is -2.11. The van der Waals surface area contributed by atoms with Crippen molar-refractivity contribution in [3.63, 3.8) is 0 Å². The zero-order valence-electron chi connectivity index (χ0n) is 13.4. The van der Waals surface area contributed by atoms with Crippen molar-refractivity contribution < 1.29 is 4.74 Å². The highest BCUT2D eigenvalue weighted by Crippen LogP contribution is 2.23. The average Bonchev–Trinajstić information content (AvgIpc) is 2.45. The maximum absolute atomic E-state index is 5.28. The van der Waals surface area contributed by atoms with Gasteiger partial charge in [0.25, 0.3) is 0 Å². The molecule has 0 amide bonds. The molecule has 0 radical (unpaired) electrons. The number of aromatic nitrogens is 1. The van der Waals surface area contributed by atoms with Gasteiger partial charge in [0.15, 0.2) is 0 Å². The topological polar surface area (TPSA) is 37.4 Å². The SMILES string of the molecule is COc1cc(C)nc(CNc2ccc(C)c(N(C)C)c2)c1. The van der Waals surface area contributed by atoms with Gasteiger partial charge in [-0.3, -0.25) is 4.98 Å². The summed E-state index contributed by atoms with van der Waals surface area (Å²) in [7, 11) is 5.79. The molecule has 4 nitrogen and oxygen atoms in total. The Morgan fingerprint density at radius 1 is 1.14 bits per heavy atom. The molecule has 0 spiro atoms. The van der Waals surface area contributed by atoms with Gasteiger partial charge in [-0.05, 0) is 31.5 Å². The molecule has 0 aliphatic heterocycles. The van der Waals surface area contributed by atoms with Gasteiger partial charge in [-0.1, -0.05) is 6.07 Å². The van der Waals surface area contributed by atoms with Crippen LogP contribution >= 0.6 is 0 Å². The maximum Gasteiger partial charge on any atom is 0.122 e. The molecule has 112 valence electrons. The summed E-state index contributed by atoms with van der Waals surface area (Å²) < 4.78 is 5.28. The number of hydrogen-bond acceptors (Lipinski definition) is 4. The van der Waals surface area contributed by atoms with Gasteiger partial charge in [0.1, 0.15) is 5.75 Å². The fourth-order valence-corrected chi connectivity index (χ4v) is 2.31. The monoisotopic (exact) mass is 285 g/mol. The Balaban J connectivity index is 2.13. The Morgan fingerprint density at radius 3 is 2.57 bits per heavy atom. The third-order valence-corrected chi connectivity index (χ3v) is 3.38. The number of anilines is 2. The zero-order chi connectivity index (χ0) is 15.4. The first-order chi connectivity index (χ1) is 9.99. The number of pyridine rings is 1. The van der Waals surface area contributed by atoms with Crippen molar-refractivity contribution in [2.24, 2.45) is 0 Å². The van der Waals surface area contributed by atoms with E-state index in [0.717, 1.165) is 22.8 Å². The lowest BCUT2D eigenvalue weighted by atomic mass is 10.1. The quantitative estimate of drug-likeness (QED) is 0.914. The molecule has 0 bridgehead atoms. The van der Waals surface area contributed by atoms with Crippen molar-refractivity contribution in [2.75, 3.05) is 31.4 Å². The van der Waals surface area contributed by atoms with Gasteiger partial charge in [-0.2, -0.15) is 0 Å². The summed E-state index contributed by atoms with van der Waals surface area (Å²) in [5.74, 6) is 0.845. The molecule has 2 rings (SSSR count). The molecular formula is C17H23N3O. The highest BCUT2D eigenvalue weighted by molar-refractivity contribution is 5.61. The van der Waals surface area contributed by atoms with Crippen LogP contribution < -0.4 is 15.0 Å². The highest BCUT2D eigenvalue weighted by atomic mass is 16.5. The minimum Gasteiger partial charge on any atom is -0.497 e. The van der Waals surface area contributed by atoms with Crippen molar-refractivity contribution >= 4 is 11.4 Å². The fraction of sp³-hybridized carbons (Fsp3) is 0.353. The van der Waals surface area contributed by atoms with Crippen LogP contribution in [0.2, 0.25) is 0 Å². The lowest BCUT2D eigenvalue weighted by Gasteiger charge is -2.17. The number of methoxy groups -OCH3 is 1. The summed E-state index contributed by atoms with van der Waals surface area (Å²) in [6.45, 7) is 4.77. The number of nitrogens with one attached hydrogen (secondary N) is 1. The number of ether oxygens (including phenoxy) is 1. The van der Waals surface area contributed by atoms with E-state index in [9.17, 15) is 0 Å². The van der Waals surface area contributed by atoms with Crippen LogP contribution in [0.15, 0.2) is 30.3 Å². The van der Waals surface area contributed by atoms with E-state index in [2.05, 4.69) is 54.4 Å².